The highest BCUT2D eigenvalue weighted by molar-refractivity contribution is 5.59. The minimum absolute atomic E-state index is 0.219. The van der Waals surface area contributed by atoms with Crippen molar-refractivity contribution in [3.63, 3.8) is 0 Å². The predicted octanol–water partition coefficient (Wildman–Crippen LogP) is 1.07. The molecule has 0 aromatic carbocycles. The lowest BCUT2D eigenvalue weighted by atomic mass is 10.4. The molecule has 3 rings (SSSR count). The first-order chi connectivity index (χ1) is 9.86. The monoisotopic (exact) mass is 264 g/mol. The van der Waals surface area contributed by atoms with Crippen LogP contribution in [0.5, 0.6) is 0 Å². The highest BCUT2D eigenvalue weighted by Gasteiger charge is 2.07. The van der Waals surface area contributed by atoms with Crippen LogP contribution >= 0.6 is 0 Å². The number of rotatable bonds is 3. The molecular weight excluding hydrogens is 256 g/mol. The summed E-state index contributed by atoms with van der Waals surface area (Å²) in [4.78, 5) is 16.2. The summed E-state index contributed by atoms with van der Waals surface area (Å²) in [5.41, 5.74) is 0.880. The van der Waals surface area contributed by atoms with E-state index >= 15 is 0 Å². The molecule has 0 aliphatic rings. The van der Waals surface area contributed by atoms with Gasteiger partial charge in [-0.25, -0.2) is 24.6 Å². The summed E-state index contributed by atoms with van der Waals surface area (Å²) < 4.78 is 1.52. The van der Waals surface area contributed by atoms with Gasteiger partial charge in [-0.3, -0.25) is 0 Å². The fraction of sp³-hybridized carbons (Fsp3) is 0. The van der Waals surface area contributed by atoms with Gasteiger partial charge in [0.2, 0.25) is 5.95 Å². The van der Waals surface area contributed by atoms with E-state index in [1.54, 1.807) is 30.9 Å². The molecule has 20 heavy (non-hydrogen) atoms. The molecular formula is C12H8N8. The van der Waals surface area contributed by atoms with Gasteiger partial charge in [0, 0.05) is 24.8 Å². The van der Waals surface area contributed by atoms with Crippen molar-refractivity contribution in [1.82, 2.24) is 29.7 Å². The highest BCUT2D eigenvalue weighted by Crippen LogP contribution is 2.16. The summed E-state index contributed by atoms with van der Waals surface area (Å²) in [6, 6.07) is 3.69. The van der Waals surface area contributed by atoms with Gasteiger partial charge in [0.25, 0.3) is 0 Å². The summed E-state index contributed by atoms with van der Waals surface area (Å²) in [7, 11) is 0. The Kier molecular flexibility index (Phi) is 3.00. The third kappa shape index (κ3) is 2.28. The molecule has 3 heterocycles. The van der Waals surface area contributed by atoms with Gasteiger partial charge >= 0.3 is 0 Å². The molecule has 0 aliphatic carbocycles. The highest BCUT2D eigenvalue weighted by atomic mass is 15.3. The Morgan fingerprint density at radius 3 is 2.65 bits per heavy atom. The van der Waals surface area contributed by atoms with Crippen LogP contribution < -0.4 is 5.32 Å². The Morgan fingerprint density at radius 1 is 1.05 bits per heavy atom. The van der Waals surface area contributed by atoms with E-state index in [2.05, 4.69) is 30.4 Å². The first-order valence-corrected chi connectivity index (χ1v) is 5.67. The average Bonchev–Trinajstić information content (AvgIpc) is 2.97. The van der Waals surface area contributed by atoms with Crippen molar-refractivity contribution in [2.45, 2.75) is 0 Å². The second kappa shape index (κ2) is 5.11. The number of hydrogen-bond acceptors (Lipinski definition) is 7. The summed E-state index contributed by atoms with van der Waals surface area (Å²) in [5, 5.41) is 16.1. The molecule has 1 N–H and O–H groups in total. The van der Waals surface area contributed by atoms with Crippen molar-refractivity contribution >= 4 is 11.5 Å². The van der Waals surface area contributed by atoms with E-state index in [4.69, 9.17) is 5.26 Å². The van der Waals surface area contributed by atoms with Gasteiger partial charge < -0.3 is 5.32 Å². The zero-order chi connectivity index (χ0) is 13.8. The van der Waals surface area contributed by atoms with E-state index in [9.17, 15) is 0 Å². The molecule has 3 aromatic heterocycles. The normalized spacial score (nSPS) is 9.95. The Balaban J connectivity index is 1.87. The minimum atomic E-state index is 0.219. The fourth-order valence-electron chi connectivity index (χ4n) is 1.55. The molecule has 0 bridgehead atoms. The smallest absolute Gasteiger partial charge is 0.250 e. The van der Waals surface area contributed by atoms with Gasteiger partial charge in [0.15, 0.2) is 11.5 Å². The van der Waals surface area contributed by atoms with Crippen LogP contribution in [0.25, 0.3) is 5.95 Å². The molecule has 3 aromatic rings. The molecule has 0 radical (unpaired) electrons. The summed E-state index contributed by atoms with van der Waals surface area (Å²) in [6.07, 6.45) is 9.53. The van der Waals surface area contributed by atoms with Crippen LogP contribution in [0.3, 0.4) is 0 Å². The lowest BCUT2D eigenvalue weighted by Gasteiger charge is -2.02. The zero-order valence-electron chi connectivity index (χ0n) is 10.2. The van der Waals surface area contributed by atoms with E-state index in [-0.39, 0.29) is 5.69 Å². The third-order valence-corrected chi connectivity index (χ3v) is 2.41. The van der Waals surface area contributed by atoms with Crippen molar-refractivity contribution in [2.75, 3.05) is 5.32 Å². The van der Waals surface area contributed by atoms with Crippen LogP contribution in [0, 0.1) is 11.3 Å². The molecule has 96 valence electrons. The van der Waals surface area contributed by atoms with Crippen LogP contribution in [0.4, 0.5) is 11.5 Å². The van der Waals surface area contributed by atoms with Crippen molar-refractivity contribution in [3.8, 4) is 12.0 Å². The third-order valence-electron chi connectivity index (χ3n) is 2.41. The molecule has 8 heteroatoms. The van der Waals surface area contributed by atoms with E-state index in [1.165, 1.54) is 17.1 Å². The van der Waals surface area contributed by atoms with E-state index in [1.807, 2.05) is 6.07 Å². The van der Waals surface area contributed by atoms with Gasteiger partial charge in [0.1, 0.15) is 6.07 Å². The number of nitriles is 1. The van der Waals surface area contributed by atoms with Crippen molar-refractivity contribution in [3.05, 3.63) is 48.9 Å². The number of nitrogens with zero attached hydrogens (tertiary/aromatic N) is 7. The molecule has 8 nitrogen and oxygen atoms in total. The van der Waals surface area contributed by atoms with E-state index in [0.29, 0.717) is 17.5 Å². The maximum absolute atomic E-state index is 8.95. The predicted molar refractivity (Wildman–Crippen MR) is 69.2 cm³/mol. The van der Waals surface area contributed by atoms with Crippen LogP contribution in [0.1, 0.15) is 5.69 Å². The van der Waals surface area contributed by atoms with Crippen LogP contribution in [-0.4, -0.2) is 29.7 Å². The summed E-state index contributed by atoms with van der Waals surface area (Å²) in [6.45, 7) is 0. The van der Waals surface area contributed by atoms with Gasteiger partial charge in [0.05, 0.1) is 18.1 Å². The first kappa shape index (κ1) is 11.7. The van der Waals surface area contributed by atoms with Crippen molar-refractivity contribution in [2.24, 2.45) is 0 Å². The van der Waals surface area contributed by atoms with Gasteiger partial charge in [-0.15, -0.1) is 0 Å². The van der Waals surface area contributed by atoms with Crippen LogP contribution in [0.2, 0.25) is 0 Å². The van der Waals surface area contributed by atoms with Crippen LogP contribution in [0.15, 0.2) is 43.2 Å². The molecule has 0 spiro atoms. The average molecular weight is 264 g/mol. The largest absolute Gasteiger partial charge is 0.335 e. The molecule has 0 atom stereocenters. The Bertz CT molecular complexity index is 758. The zero-order valence-corrected chi connectivity index (χ0v) is 10.2. The minimum Gasteiger partial charge on any atom is -0.335 e. The number of aromatic nitrogens is 6. The summed E-state index contributed by atoms with van der Waals surface area (Å²) >= 11 is 0. The lowest BCUT2D eigenvalue weighted by molar-refractivity contribution is 0.808. The number of anilines is 2. The maximum Gasteiger partial charge on any atom is 0.250 e. The van der Waals surface area contributed by atoms with E-state index in [0.717, 1.165) is 0 Å². The maximum atomic E-state index is 8.95. The second-order valence-corrected chi connectivity index (χ2v) is 3.71. The Labute approximate surface area is 113 Å². The second-order valence-electron chi connectivity index (χ2n) is 3.71. The van der Waals surface area contributed by atoms with Crippen molar-refractivity contribution < 1.29 is 0 Å². The summed E-state index contributed by atoms with van der Waals surface area (Å²) in [5.74, 6) is 0.837. The first-order valence-electron chi connectivity index (χ1n) is 5.67. The standard InChI is InChI=1S/C12H8N8/c13-6-10-11(15-5-4-14-10)19-9-7-18-20(8-9)12-16-2-1-3-17-12/h1-5,7-8H,(H,15,19). The van der Waals surface area contributed by atoms with Crippen molar-refractivity contribution in [1.29, 1.82) is 5.26 Å². The Hall–Kier alpha value is -3.34. The SMILES string of the molecule is N#Cc1nccnc1Nc1cnn(-c2ncccn2)c1. The molecule has 0 fully saturated rings. The molecule has 0 aliphatic heterocycles. The Morgan fingerprint density at radius 2 is 1.85 bits per heavy atom. The quantitative estimate of drug-likeness (QED) is 0.754. The topological polar surface area (TPSA) is 105 Å². The number of hydrogen-bond donors (Lipinski definition) is 1. The van der Waals surface area contributed by atoms with Crippen LogP contribution in [-0.2, 0) is 0 Å². The van der Waals surface area contributed by atoms with Gasteiger partial charge in [-0.2, -0.15) is 10.4 Å². The lowest BCUT2D eigenvalue weighted by Crippen LogP contribution is -2.00. The fourth-order valence-corrected chi connectivity index (χ4v) is 1.55. The molecule has 0 saturated heterocycles. The molecule has 0 amide bonds. The number of nitrogens with one attached hydrogen (secondary N) is 1. The molecule has 0 saturated carbocycles. The molecule has 0 unspecified atom stereocenters. The van der Waals surface area contributed by atoms with E-state index < -0.39 is 0 Å². The van der Waals surface area contributed by atoms with Gasteiger partial charge in [-0.1, -0.05) is 0 Å². The van der Waals surface area contributed by atoms with Gasteiger partial charge in [-0.05, 0) is 6.07 Å².